The molecule has 0 saturated carbocycles. The highest BCUT2D eigenvalue weighted by atomic mass is 79.9. The first-order valence-electron chi connectivity index (χ1n) is 6.17. The van der Waals surface area contributed by atoms with Crippen LogP contribution in [0.1, 0.15) is 18.2 Å². The van der Waals surface area contributed by atoms with Gasteiger partial charge in [-0.2, -0.15) is 0 Å². The molecule has 5 heteroatoms. The van der Waals surface area contributed by atoms with Crippen molar-refractivity contribution in [2.45, 2.75) is 20.1 Å². The maximum Gasteiger partial charge on any atom is 0.232 e. The van der Waals surface area contributed by atoms with Crippen LogP contribution in [0, 0.1) is 0 Å². The first kappa shape index (κ1) is 14.0. The van der Waals surface area contributed by atoms with Crippen LogP contribution in [-0.4, -0.2) is 16.5 Å². The zero-order chi connectivity index (χ0) is 13.5. The fraction of sp³-hybridized carbons (Fsp3) is 0.286. The largest absolute Gasteiger partial charge is 0.472 e. The quantitative estimate of drug-likeness (QED) is 0.888. The van der Waals surface area contributed by atoms with Crippen LogP contribution >= 0.6 is 15.9 Å². The minimum Gasteiger partial charge on any atom is -0.472 e. The van der Waals surface area contributed by atoms with Crippen molar-refractivity contribution in [2.75, 3.05) is 6.54 Å². The van der Waals surface area contributed by atoms with Crippen molar-refractivity contribution in [1.82, 2.24) is 15.3 Å². The van der Waals surface area contributed by atoms with Crippen LogP contribution < -0.4 is 10.1 Å². The smallest absolute Gasteiger partial charge is 0.232 e. The number of nitrogens with zero attached hydrogens (tertiary/aromatic N) is 2. The van der Waals surface area contributed by atoms with E-state index in [-0.39, 0.29) is 0 Å². The molecular weight excluding hydrogens is 306 g/mol. The van der Waals surface area contributed by atoms with Gasteiger partial charge in [0.15, 0.2) is 0 Å². The molecule has 1 aromatic carbocycles. The number of rotatable bonds is 6. The van der Waals surface area contributed by atoms with Crippen molar-refractivity contribution < 1.29 is 4.74 Å². The maximum absolute atomic E-state index is 5.66. The van der Waals surface area contributed by atoms with E-state index in [1.54, 1.807) is 12.4 Å². The second kappa shape index (κ2) is 7.21. The van der Waals surface area contributed by atoms with Gasteiger partial charge < -0.3 is 10.1 Å². The standard InChI is InChI=1S/C14H16BrN3O/c1-2-16-7-12-8-17-9-14(18-12)19-10-11-5-3-4-6-13(11)15/h3-6,8-9,16H,2,7,10H2,1H3. The molecule has 100 valence electrons. The van der Waals surface area contributed by atoms with Gasteiger partial charge in [0.2, 0.25) is 5.88 Å². The molecule has 0 amide bonds. The summed E-state index contributed by atoms with van der Waals surface area (Å²) >= 11 is 3.49. The zero-order valence-electron chi connectivity index (χ0n) is 10.8. The number of halogens is 1. The Labute approximate surface area is 121 Å². The summed E-state index contributed by atoms with van der Waals surface area (Å²) in [5.74, 6) is 0.547. The van der Waals surface area contributed by atoms with Gasteiger partial charge in [-0.25, -0.2) is 4.98 Å². The summed E-state index contributed by atoms with van der Waals surface area (Å²) in [6.45, 7) is 4.14. The van der Waals surface area contributed by atoms with Crippen LogP contribution in [0.25, 0.3) is 0 Å². The Kier molecular flexibility index (Phi) is 5.30. The topological polar surface area (TPSA) is 47.0 Å². The Bertz CT molecular complexity index is 534. The van der Waals surface area contributed by atoms with E-state index < -0.39 is 0 Å². The van der Waals surface area contributed by atoms with E-state index in [1.807, 2.05) is 24.3 Å². The van der Waals surface area contributed by atoms with Gasteiger partial charge in [0.05, 0.1) is 11.9 Å². The number of ether oxygens (including phenoxy) is 1. The summed E-state index contributed by atoms with van der Waals surface area (Å²) < 4.78 is 6.70. The third kappa shape index (κ3) is 4.29. The minimum absolute atomic E-state index is 0.473. The third-order valence-corrected chi connectivity index (χ3v) is 3.33. The van der Waals surface area contributed by atoms with E-state index in [4.69, 9.17) is 4.74 Å². The van der Waals surface area contributed by atoms with Gasteiger partial charge in [-0.05, 0) is 12.6 Å². The molecule has 0 radical (unpaired) electrons. The van der Waals surface area contributed by atoms with Gasteiger partial charge in [-0.1, -0.05) is 41.1 Å². The summed E-state index contributed by atoms with van der Waals surface area (Å²) in [6, 6.07) is 7.97. The van der Waals surface area contributed by atoms with Crippen molar-refractivity contribution >= 4 is 15.9 Å². The molecule has 0 aliphatic heterocycles. The molecule has 0 spiro atoms. The van der Waals surface area contributed by atoms with E-state index in [1.165, 1.54) is 0 Å². The molecule has 2 rings (SSSR count). The van der Waals surface area contributed by atoms with Gasteiger partial charge in [0, 0.05) is 22.8 Å². The van der Waals surface area contributed by atoms with Gasteiger partial charge >= 0.3 is 0 Å². The van der Waals surface area contributed by atoms with Crippen LogP contribution in [0.4, 0.5) is 0 Å². The summed E-state index contributed by atoms with van der Waals surface area (Å²) in [5.41, 5.74) is 1.97. The van der Waals surface area contributed by atoms with Gasteiger partial charge in [0.25, 0.3) is 0 Å². The maximum atomic E-state index is 5.66. The lowest BCUT2D eigenvalue weighted by molar-refractivity contribution is 0.290. The fourth-order valence-corrected chi connectivity index (χ4v) is 1.96. The Morgan fingerprint density at radius 3 is 2.89 bits per heavy atom. The Hall–Kier alpha value is -1.46. The highest BCUT2D eigenvalue weighted by molar-refractivity contribution is 9.10. The van der Waals surface area contributed by atoms with Gasteiger partial charge in [0.1, 0.15) is 6.61 Å². The molecule has 0 aliphatic rings. The van der Waals surface area contributed by atoms with Gasteiger partial charge in [-0.3, -0.25) is 4.98 Å². The first-order chi connectivity index (χ1) is 9.29. The number of hydrogen-bond donors (Lipinski definition) is 1. The average Bonchev–Trinajstić information content (AvgIpc) is 2.45. The predicted molar refractivity (Wildman–Crippen MR) is 77.9 cm³/mol. The summed E-state index contributed by atoms with van der Waals surface area (Å²) in [6.07, 6.45) is 3.38. The van der Waals surface area contributed by atoms with Crippen LogP contribution in [0.15, 0.2) is 41.1 Å². The molecule has 2 aromatic rings. The molecule has 0 fully saturated rings. The second-order valence-corrected chi connectivity index (χ2v) is 4.86. The van der Waals surface area contributed by atoms with Crippen molar-refractivity contribution in [2.24, 2.45) is 0 Å². The molecule has 0 unspecified atom stereocenters. The summed E-state index contributed by atoms with van der Waals surface area (Å²) in [5, 5.41) is 3.21. The summed E-state index contributed by atoms with van der Waals surface area (Å²) in [4.78, 5) is 8.53. The zero-order valence-corrected chi connectivity index (χ0v) is 12.4. The Morgan fingerprint density at radius 2 is 2.11 bits per heavy atom. The SMILES string of the molecule is CCNCc1cncc(OCc2ccccc2Br)n1. The normalized spacial score (nSPS) is 10.4. The first-order valence-corrected chi connectivity index (χ1v) is 6.96. The number of aromatic nitrogens is 2. The van der Waals surface area contributed by atoms with Crippen LogP contribution in [0.5, 0.6) is 5.88 Å². The predicted octanol–water partition coefficient (Wildman–Crippen LogP) is 2.93. The number of nitrogens with one attached hydrogen (secondary N) is 1. The molecule has 1 heterocycles. The fourth-order valence-electron chi connectivity index (χ4n) is 1.56. The summed E-state index contributed by atoms with van der Waals surface area (Å²) in [7, 11) is 0. The number of hydrogen-bond acceptors (Lipinski definition) is 4. The molecule has 4 nitrogen and oxygen atoms in total. The Balaban J connectivity index is 1.98. The monoisotopic (exact) mass is 321 g/mol. The Morgan fingerprint density at radius 1 is 1.26 bits per heavy atom. The highest BCUT2D eigenvalue weighted by Crippen LogP contribution is 2.17. The molecule has 19 heavy (non-hydrogen) atoms. The molecule has 0 aliphatic carbocycles. The highest BCUT2D eigenvalue weighted by Gasteiger charge is 2.02. The van der Waals surface area contributed by atoms with Crippen molar-refractivity contribution in [3.8, 4) is 5.88 Å². The lowest BCUT2D eigenvalue weighted by Gasteiger charge is -2.08. The van der Waals surface area contributed by atoms with E-state index in [2.05, 4.69) is 38.1 Å². The molecule has 0 bridgehead atoms. The van der Waals surface area contributed by atoms with E-state index in [9.17, 15) is 0 Å². The third-order valence-electron chi connectivity index (χ3n) is 2.55. The van der Waals surface area contributed by atoms with E-state index in [0.29, 0.717) is 19.0 Å². The molecule has 1 N–H and O–H groups in total. The number of benzene rings is 1. The molecule has 0 saturated heterocycles. The van der Waals surface area contributed by atoms with Crippen molar-refractivity contribution in [1.29, 1.82) is 0 Å². The molecule has 1 aromatic heterocycles. The second-order valence-electron chi connectivity index (χ2n) is 4.01. The minimum atomic E-state index is 0.473. The van der Waals surface area contributed by atoms with Crippen LogP contribution in [0.3, 0.4) is 0 Å². The van der Waals surface area contributed by atoms with Crippen molar-refractivity contribution in [3.05, 3.63) is 52.4 Å². The van der Waals surface area contributed by atoms with Gasteiger partial charge in [-0.15, -0.1) is 0 Å². The van der Waals surface area contributed by atoms with E-state index in [0.717, 1.165) is 22.3 Å². The molecular formula is C14H16BrN3O. The van der Waals surface area contributed by atoms with Crippen LogP contribution in [-0.2, 0) is 13.2 Å². The van der Waals surface area contributed by atoms with Crippen molar-refractivity contribution in [3.63, 3.8) is 0 Å². The average molecular weight is 322 g/mol. The van der Waals surface area contributed by atoms with Crippen LogP contribution in [0.2, 0.25) is 0 Å². The van der Waals surface area contributed by atoms with E-state index >= 15 is 0 Å². The lowest BCUT2D eigenvalue weighted by atomic mass is 10.2. The lowest BCUT2D eigenvalue weighted by Crippen LogP contribution is -2.13. The molecule has 0 atom stereocenters.